The van der Waals surface area contributed by atoms with E-state index in [-0.39, 0.29) is 30.3 Å². The summed E-state index contributed by atoms with van der Waals surface area (Å²) >= 11 is 0. The monoisotopic (exact) mass is 347 g/mol. The molecule has 0 fully saturated rings. The number of rotatable bonds is 16. The van der Waals surface area contributed by atoms with Crippen molar-refractivity contribution in [1.82, 2.24) is 5.32 Å². The van der Waals surface area contributed by atoms with Crippen molar-refractivity contribution in [3.05, 3.63) is 11.8 Å². The standard InChI is InChI=1S/C16H29NO7/c1-14(18)13-15(19)3-4-16(20)17-5-6-22-9-10-24-12-11-23-8-7-21-2/h13,19H,3-12H2,1-2H3,(H,17,20)/b15-13-. The molecule has 140 valence electrons. The molecule has 1 amide bonds. The van der Waals surface area contributed by atoms with Crippen LogP contribution in [0.15, 0.2) is 11.8 Å². The Balaban J connectivity index is 3.32. The Labute approximate surface area is 143 Å². The van der Waals surface area contributed by atoms with E-state index in [1.165, 1.54) is 6.92 Å². The fraction of sp³-hybridized carbons (Fsp3) is 0.750. The van der Waals surface area contributed by atoms with Gasteiger partial charge in [0.05, 0.1) is 52.0 Å². The largest absolute Gasteiger partial charge is 0.512 e. The lowest BCUT2D eigenvalue weighted by atomic mass is 10.2. The second kappa shape index (κ2) is 16.4. The van der Waals surface area contributed by atoms with Gasteiger partial charge in [-0.2, -0.15) is 0 Å². The number of aliphatic hydroxyl groups is 1. The van der Waals surface area contributed by atoms with E-state index >= 15 is 0 Å². The lowest BCUT2D eigenvalue weighted by Crippen LogP contribution is -2.27. The maximum absolute atomic E-state index is 11.5. The van der Waals surface area contributed by atoms with Gasteiger partial charge in [0, 0.05) is 32.6 Å². The van der Waals surface area contributed by atoms with Gasteiger partial charge in [-0.3, -0.25) is 9.59 Å². The molecule has 2 N–H and O–H groups in total. The highest BCUT2D eigenvalue weighted by atomic mass is 16.6. The van der Waals surface area contributed by atoms with E-state index in [1.807, 2.05) is 0 Å². The average molecular weight is 347 g/mol. The number of carbonyl (C=O) groups is 2. The van der Waals surface area contributed by atoms with Crippen molar-refractivity contribution < 1.29 is 33.6 Å². The number of ether oxygens (including phenoxy) is 4. The molecule has 0 radical (unpaired) electrons. The van der Waals surface area contributed by atoms with Crippen molar-refractivity contribution in [1.29, 1.82) is 0 Å². The normalized spacial score (nSPS) is 11.5. The number of methoxy groups -OCH3 is 1. The summed E-state index contributed by atoms with van der Waals surface area (Å²) < 4.78 is 20.7. The first kappa shape index (κ1) is 22.5. The van der Waals surface area contributed by atoms with Gasteiger partial charge >= 0.3 is 0 Å². The number of ketones is 1. The van der Waals surface area contributed by atoms with E-state index in [4.69, 9.17) is 18.9 Å². The molecule has 0 aliphatic carbocycles. The Morgan fingerprint density at radius 1 is 0.917 bits per heavy atom. The Morgan fingerprint density at radius 2 is 1.46 bits per heavy atom. The molecule has 0 aliphatic rings. The zero-order valence-electron chi connectivity index (χ0n) is 14.5. The molecule has 0 bridgehead atoms. The molecule has 0 heterocycles. The Hall–Kier alpha value is -1.48. The lowest BCUT2D eigenvalue weighted by molar-refractivity contribution is -0.121. The number of hydrogen-bond donors (Lipinski definition) is 2. The van der Waals surface area contributed by atoms with Gasteiger partial charge in [-0.25, -0.2) is 0 Å². The number of hydrogen-bond acceptors (Lipinski definition) is 7. The van der Waals surface area contributed by atoms with Crippen LogP contribution < -0.4 is 5.32 Å². The molecule has 0 aromatic carbocycles. The Morgan fingerprint density at radius 3 is 2.00 bits per heavy atom. The molecular weight excluding hydrogens is 318 g/mol. The van der Waals surface area contributed by atoms with E-state index in [0.29, 0.717) is 52.8 Å². The summed E-state index contributed by atoms with van der Waals surface area (Å²) in [5, 5.41) is 12.0. The van der Waals surface area contributed by atoms with Crippen LogP contribution in [0.1, 0.15) is 19.8 Å². The minimum atomic E-state index is -0.245. The van der Waals surface area contributed by atoms with Crippen molar-refractivity contribution in [2.45, 2.75) is 19.8 Å². The maximum atomic E-state index is 11.5. The van der Waals surface area contributed by atoms with Gasteiger partial charge in [0.15, 0.2) is 5.78 Å². The summed E-state index contributed by atoms with van der Waals surface area (Å²) in [6, 6.07) is 0. The Kier molecular flexibility index (Phi) is 15.4. The highest BCUT2D eigenvalue weighted by Crippen LogP contribution is 2.00. The van der Waals surface area contributed by atoms with Gasteiger partial charge in [-0.1, -0.05) is 0 Å². The van der Waals surface area contributed by atoms with Crippen molar-refractivity contribution in [3.63, 3.8) is 0 Å². The van der Waals surface area contributed by atoms with Crippen LogP contribution in [0, 0.1) is 0 Å². The third-order valence-corrected chi connectivity index (χ3v) is 2.72. The van der Waals surface area contributed by atoms with Gasteiger partial charge in [0.25, 0.3) is 0 Å². The summed E-state index contributed by atoms with van der Waals surface area (Å²) in [7, 11) is 1.62. The number of amides is 1. The fourth-order valence-electron chi connectivity index (χ4n) is 1.58. The number of nitrogens with one attached hydrogen (secondary N) is 1. The SMILES string of the molecule is COCCOCCOCCOCCNC(=O)CC/C(O)=C/C(C)=O. The van der Waals surface area contributed by atoms with Crippen LogP contribution >= 0.6 is 0 Å². The molecule has 0 spiro atoms. The molecule has 0 saturated carbocycles. The molecule has 0 unspecified atom stereocenters. The molecule has 0 atom stereocenters. The molecule has 0 rings (SSSR count). The van der Waals surface area contributed by atoms with Gasteiger partial charge in [-0.05, 0) is 6.92 Å². The average Bonchev–Trinajstić information content (AvgIpc) is 2.53. The van der Waals surface area contributed by atoms with Crippen LogP contribution in [0.4, 0.5) is 0 Å². The molecule has 8 nitrogen and oxygen atoms in total. The highest BCUT2D eigenvalue weighted by molar-refractivity contribution is 5.87. The van der Waals surface area contributed by atoms with E-state index in [9.17, 15) is 14.7 Å². The maximum Gasteiger partial charge on any atom is 0.220 e. The zero-order chi connectivity index (χ0) is 18.0. The van der Waals surface area contributed by atoms with Crippen molar-refractivity contribution in [3.8, 4) is 0 Å². The van der Waals surface area contributed by atoms with E-state index in [1.54, 1.807) is 7.11 Å². The molecule has 24 heavy (non-hydrogen) atoms. The summed E-state index contributed by atoms with van der Waals surface area (Å²) in [6.07, 6.45) is 1.38. The van der Waals surface area contributed by atoms with Gasteiger partial charge < -0.3 is 29.4 Å². The van der Waals surface area contributed by atoms with Crippen LogP contribution in [-0.2, 0) is 28.5 Å². The summed E-state index contributed by atoms with van der Waals surface area (Å²) in [6.45, 7) is 5.16. The Bertz CT molecular complexity index is 371. The number of aliphatic hydroxyl groups excluding tert-OH is 1. The summed E-state index contributed by atoms with van der Waals surface area (Å²) in [5.41, 5.74) is 0. The molecule has 0 saturated heterocycles. The quantitative estimate of drug-likeness (QED) is 0.239. The third-order valence-electron chi connectivity index (χ3n) is 2.72. The summed E-state index contributed by atoms with van der Waals surface area (Å²) in [5.74, 6) is -0.533. The second-order valence-electron chi connectivity index (χ2n) is 4.93. The zero-order valence-corrected chi connectivity index (χ0v) is 14.5. The van der Waals surface area contributed by atoms with E-state index in [2.05, 4.69) is 5.32 Å². The van der Waals surface area contributed by atoms with E-state index in [0.717, 1.165) is 6.08 Å². The van der Waals surface area contributed by atoms with Crippen molar-refractivity contribution >= 4 is 11.7 Å². The van der Waals surface area contributed by atoms with Gasteiger partial charge in [-0.15, -0.1) is 0 Å². The minimum Gasteiger partial charge on any atom is -0.512 e. The first-order valence-corrected chi connectivity index (χ1v) is 7.95. The van der Waals surface area contributed by atoms with Crippen molar-refractivity contribution in [2.75, 3.05) is 59.9 Å². The van der Waals surface area contributed by atoms with Crippen LogP contribution in [0.25, 0.3) is 0 Å². The smallest absolute Gasteiger partial charge is 0.220 e. The minimum absolute atomic E-state index is 0.0859. The van der Waals surface area contributed by atoms with Crippen LogP contribution in [0.3, 0.4) is 0 Å². The predicted molar refractivity (Wildman–Crippen MR) is 88.0 cm³/mol. The molecule has 0 aromatic heterocycles. The van der Waals surface area contributed by atoms with Gasteiger partial charge in [0.2, 0.25) is 5.91 Å². The molecule has 0 aliphatic heterocycles. The molecular formula is C16H29NO7. The summed E-state index contributed by atoms with van der Waals surface area (Å²) in [4.78, 5) is 22.2. The fourth-order valence-corrected chi connectivity index (χ4v) is 1.58. The van der Waals surface area contributed by atoms with Crippen molar-refractivity contribution in [2.24, 2.45) is 0 Å². The third kappa shape index (κ3) is 16.9. The predicted octanol–water partition coefficient (Wildman–Crippen LogP) is 0.610. The van der Waals surface area contributed by atoms with Gasteiger partial charge in [0.1, 0.15) is 0 Å². The lowest BCUT2D eigenvalue weighted by Gasteiger charge is -2.07. The first-order valence-electron chi connectivity index (χ1n) is 7.95. The topological polar surface area (TPSA) is 103 Å². The van der Waals surface area contributed by atoms with Crippen LogP contribution in [-0.4, -0.2) is 76.7 Å². The van der Waals surface area contributed by atoms with Crippen LogP contribution in [0.5, 0.6) is 0 Å². The first-order chi connectivity index (χ1) is 11.6. The second-order valence-corrected chi connectivity index (χ2v) is 4.93. The van der Waals surface area contributed by atoms with Crippen LogP contribution in [0.2, 0.25) is 0 Å². The number of allylic oxidation sites excluding steroid dienone is 2. The van der Waals surface area contributed by atoms with E-state index < -0.39 is 0 Å². The highest BCUT2D eigenvalue weighted by Gasteiger charge is 2.03. The molecule has 8 heteroatoms. The molecule has 0 aromatic rings. The number of carbonyl (C=O) groups excluding carboxylic acids is 2.